The normalized spacial score (nSPS) is 12.5. The molecular formula is C19H15ClN8. The van der Waals surface area contributed by atoms with E-state index >= 15 is 0 Å². The minimum atomic E-state index is -0.188. The van der Waals surface area contributed by atoms with Gasteiger partial charge in [0.2, 0.25) is 0 Å². The number of H-pyrrole nitrogens is 1. The number of fused-ring (bicyclic) bond motifs is 2. The quantitative estimate of drug-likeness (QED) is 0.482. The molecule has 5 rings (SSSR count). The van der Waals surface area contributed by atoms with Gasteiger partial charge in [0.25, 0.3) is 0 Å². The minimum absolute atomic E-state index is 0.188. The molecule has 1 atom stereocenters. The van der Waals surface area contributed by atoms with Crippen LogP contribution in [0.3, 0.4) is 0 Å². The molecule has 8 nitrogen and oxygen atoms in total. The van der Waals surface area contributed by atoms with Gasteiger partial charge in [-0.05, 0) is 31.2 Å². The van der Waals surface area contributed by atoms with Crippen LogP contribution in [0.2, 0.25) is 5.02 Å². The number of rotatable bonds is 4. The second kappa shape index (κ2) is 6.58. The fraction of sp³-hybridized carbons (Fsp3) is 0.105. The van der Waals surface area contributed by atoms with Crippen LogP contribution in [0.5, 0.6) is 0 Å². The highest BCUT2D eigenvalue weighted by molar-refractivity contribution is 6.32. The lowest BCUT2D eigenvalue weighted by molar-refractivity contribution is 0.767. The number of benzene rings is 1. The fourth-order valence-corrected chi connectivity index (χ4v) is 3.46. The number of hydrogen-bond acceptors (Lipinski definition) is 6. The number of hydrogen-bond donors (Lipinski definition) is 2. The van der Waals surface area contributed by atoms with Crippen molar-refractivity contribution in [3.63, 3.8) is 0 Å². The smallest absolute Gasteiger partial charge is 0.182 e. The van der Waals surface area contributed by atoms with Gasteiger partial charge in [0, 0.05) is 6.20 Å². The van der Waals surface area contributed by atoms with E-state index in [1.165, 1.54) is 6.33 Å². The molecule has 4 aromatic heterocycles. The molecule has 0 bridgehead atoms. The highest BCUT2D eigenvalue weighted by Crippen LogP contribution is 2.30. The van der Waals surface area contributed by atoms with Crippen molar-refractivity contribution in [1.29, 1.82) is 0 Å². The molecule has 4 heterocycles. The molecule has 1 aromatic carbocycles. The number of nitrogens with one attached hydrogen (secondary N) is 2. The summed E-state index contributed by atoms with van der Waals surface area (Å²) in [4.78, 5) is 25.1. The molecule has 9 heteroatoms. The Hall–Kier alpha value is -3.52. The standard InChI is InChI=1S/C19H15ClN8/c1-11(26-17-15-16(23-9-22-15)24-10-25-17)18-27-13-6-4-8-21-19(13)28(18)14-7-3-2-5-12(14)20/h2-11H,1H3,(H2,22,23,24,25,26)/t11-/m0/s1. The molecule has 0 aliphatic carbocycles. The Bertz CT molecular complexity index is 1290. The molecule has 0 unspecified atom stereocenters. The van der Waals surface area contributed by atoms with E-state index in [-0.39, 0.29) is 6.04 Å². The minimum Gasteiger partial charge on any atom is -0.358 e. The Morgan fingerprint density at radius 3 is 2.86 bits per heavy atom. The predicted molar refractivity (Wildman–Crippen MR) is 108 cm³/mol. The van der Waals surface area contributed by atoms with Crippen LogP contribution >= 0.6 is 11.6 Å². The molecule has 138 valence electrons. The van der Waals surface area contributed by atoms with Crippen LogP contribution in [0, 0.1) is 0 Å². The summed E-state index contributed by atoms with van der Waals surface area (Å²) in [5.41, 5.74) is 3.70. The van der Waals surface area contributed by atoms with Crippen LogP contribution in [0.15, 0.2) is 55.2 Å². The van der Waals surface area contributed by atoms with Crippen molar-refractivity contribution in [2.45, 2.75) is 13.0 Å². The van der Waals surface area contributed by atoms with Crippen molar-refractivity contribution < 1.29 is 0 Å². The molecule has 0 saturated heterocycles. The molecule has 2 N–H and O–H groups in total. The third kappa shape index (κ3) is 2.66. The molecule has 0 radical (unpaired) electrons. The van der Waals surface area contributed by atoms with Gasteiger partial charge in [-0.15, -0.1) is 0 Å². The summed E-state index contributed by atoms with van der Waals surface area (Å²) in [6.45, 7) is 2.01. The molecule has 28 heavy (non-hydrogen) atoms. The van der Waals surface area contributed by atoms with Crippen molar-refractivity contribution >= 4 is 39.7 Å². The number of anilines is 1. The Labute approximate surface area is 164 Å². The molecular weight excluding hydrogens is 376 g/mol. The van der Waals surface area contributed by atoms with E-state index in [1.807, 2.05) is 47.9 Å². The number of halogens is 1. The van der Waals surface area contributed by atoms with Gasteiger partial charge in [-0.1, -0.05) is 23.7 Å². The van der Waals surface area contributed by atoms with Crippen molar-refractivity contribution in [2.75, 3.05) is 5.32 Å². The molecule has 5 aromatic rings. The van der Waals surface area contributed by atoms with Gasteiger partial charge >= 0.3 is 0 Å². The summed E-state index contributed by atoms with van der Waals surface area (Å²) in [7, 11) is 0. The van der Waals surface area contributed by atoms with E-state index in [0.29, 0.717) is 16.5 Å². The lowest BCUT2D eigenvalue weighted by Crippen LogP contribution is -2.14. The maximum absolute atomic E-state index is 6.49. The molecule has 0 aliphatic rings. The number of aromatic nitrogens is 7. The zero-order valence-electron chi connectivity index (χ0n) is 14.8. The summed E-state index contributed by atoms with van der Waals surface area (Å²) >= 11 is 6.49. The summed E-state index contributed by atoms with van der Waals surface area (Å²) in [6, 6.07) is 11.3. The summed E-state index contributed by atoms with van der Waals surface area (Å²) in [5.74, 6) is 1.42. The lowest BCUT2D eigenvalue weighted by atomic mass is 10.2. The second-order valence-corrected chi connectivity index (χ2v) is 6.70. The largest absolute Gasteiger partial charge is 0.358 e. The number of pyridine rings is 1. The summed E-state index contributed by atoms with van der Waals surface area (Å²) in [6.07, 6.45) is 4.83. The highest BCUT2D eigenvalue weighted by atomic mass is 35.5. The summed E-state index contributed by atoms with van der Waals surface area (Å²) < 4.78 is 1.97. The SMILES string of the molecule is C[C@H](Nc1ncnc2nc[nH]c12)c1nc2cccnc2n1-c1ccccc1Cl. The molecule has 0 aliphatic heterocycles. The first kappa shape index (κ1) is 16.6. The van der Waals surface area contributed by atoms with Crippen LogP contribution in [-0.4, -0.2) is 34.5 Å². The number of imidazole rings is 2. The molecule has 0 saturated carbocycles. The van der Waals surface area contributed by atoms with Gasteiger partial charge in [0.05, 0.1) is 23.1 Å². The average molecular weight is 391 g/mol. The third-order valence-corrected chi connectivity index (χ3v) is 4.82. The van der Waals surface area contributed by atoms with Crippen molar-refractivity contribution in [1.82, 2.24) is 34.5 Å². The number of para-hydroxylation sites is 1. The van der Waals surface area contributed by atoms with Crippen LogP contribution in [0.1, 0.15) is 18.8 Å². The molecule has 0 spiro atoms. The van der Waals surface area contributed by atoms with Gasteiger partial charge in [-0.2, -0.15) is 0 Å². The van der Waals surface area contributed by atoms with Crippen molar-refractivity contribution in [3.8, 4) is 5.69 Å². The van der Waals surface area contributed by atoms with Crippen molar-refractivity contribution in [2.24, 2.45) is 0 Å². The third-order valence-electron chi connectivity index (χ3n) is 4.50. The maximum atomic E-state index is 6.49. The van der Waals surface area contributed by atoms with Crippen LogP contribution in [-0.2, 0) is 0 Å². The predicted octanol–water partition coefficient (Wildman–Crippen LogP) is 3.91. The zero-order chi connectivity index (χ0) is 19.1. The first-order valence-electron chi connectivity index (χ1n) is 8.71. The Balaban J connectivity index is 1.65. The van der Waals surface area contributed by atoms with Gasteiger partial charge in [0.1, 0.15) is 23.2 Å². The summed E-state index contributed by atoms with van der Waals surface area (Å²) in [5, 5.41) is 4.03. The first-order valence-corrected chi connectivity index (χ1v) is 9.09. The van der Waals surface area contributed by atoms with E-state index in [1.54, 1.807) is 12.5 Å². The van der Waals surface area contributed by atoms with Crippen LogP contribution < -0.4 is 5.32 Å². The van der Waals surface area contributed by atoms with Crippen LogP contribution in [0.4, 0.5) is 5.82 Å². The number of nitrogens with zero attached hydrogens (tertiary/aromatic N) is 6. The van der Waals surface area contributed by atoms with E-state index in [4.69, 9.17) is 16.6 Å². The van der Waals surface area contributed by atoms with Gasteiger partial charge in [-0.3, -0.25) is 4.57 Å². The van der Waals surface area contributed by atoms with E-state index in [0.717, 1.165) is 28.2 Å². The monoisotopic (exact) mass is 390 g/mol. The van der Waals surface area contributed by atoms with Gasteiger partial charge in [-0.25, -0.2) is 24.9 Å². The lowest BCUT2D eigenvalue weighted by Gasteiger charge is -2.17. The van der Waals surface area contributed by atoms with E-state index in [2.05, 4.69) is 30.2 Å². The highest BCUT2D eigenvalue weighted by Gasteiger charge is 2.21. The van der Waals surface area contributed by atoms with E-state index < -0.39 is 0 Å². The van der Waals surface area contributed by atoms with E-state index in [9.17, 15) is 0 Å². The second-order valence-electron chi connectivity index (χ2n) is 6.29. The number of aromatic amines is 1. The Kier molecular flexibility index (Phi) is 3.91. The molecule has 0 fully saturated rings. The zero-order valence-corrected chi connectivity index (χ0v) is 15.6. The topological polar surface area (TPSA) is 97.2 Å². The van der Waals surface area contributed by atoms with Crippen LogP contribution in [0.25, 0.3) is 28.0 Å². The van der Waals surface area contributed by atoms with Gasteiger partial charge in [0.15, 0.2) is 17.1 Å². The fourth-order valence-electron chi connectivity index (χ4n) is 3.24. The Morgan fingerprint density at radius 2 is 1.96 bits per heavy atom. The molecule has 0 amide bonds. The Morgan fingerprint density at radius 1 is 1.07 bits per heavy atom. The van der Waals surface area contributed by atoms with Gasteiger partial charge < -0.3 is 10.3 Å². The first-order chi connectivity index (χ1) is 13.7. The van der Waals surface area contributed by atoms with Crippen molar-refractivity contribution in [3.05, 3.63) is 66.1 Å². The maximum Gasteiger partial charge on any atom is 0.182 e. The average Bonchev–Trinajstić information content (AvgIpc) is 3.33.